The van der Waals surface area contributed by atoms with E-state index in [0.29, 0.717) is 22.1 Å². The SMILES string of the molecule is Cn1ncc2c1Nc1ccc(Cl)cc1N(c1ccccc1)C2=O. The molecule has 0 saturated heterocycles. The summed E-state index contributed by atoms with van der Waals surface area (Å²) in [6, 6.07) is 14.9. The molecule has 2 aromatic carbocycles. The lowest BCUT2D eigenvalue weighted by Crippen LogP contribution is -2.24. The van der Waals surface area contributed by atoms with Crippen molar-refractivity contribution in [3.05, 3.63) is 65.3 Å². The smallest absolute Gasteiger partial charge is 0.268 e. The number of nitrogens with zero attached hydrogens (tertiary/aromatic N) is 3. The van der Waals surface area contributed by atoms with E-state index in [1.54, 1.807) is 35.0 Å². The average Bonchev–Trinajstić information content (AvgIpc) is 2.86. The Morgan fingerprint density at radius 1 is 1.13 bits per heavy atom. The number of amides is 1. The Balaban J connectivity index is 2.00. The van der Waals surface area contributed by atoms with Gasteiger partial charge in [-0.05, 0) is 30.3 Å². The van der Waals surface area contributed by atoms with E-state index in [2.05, 4.69) is 10.4 Å². The van der Waals surface area contributed by atoms with Crippen LogP contribution in [0.5, 0.6) is 0 Å². The first-order valence-electron chi connectivity index (χ1n) is 7.13. The van der Waals surface area contributed by atoms with Gasteiger partial charge in [0.15, 0.2) is 0 Å². The lowest BCUT2D eigenvalue weighted by Gasteiger charge is -2.23. The monoisotopic (exact) mass is 324 g/mol. The minimum Gasteiger partial charge on any atom is -0.338 e. The Morgan fingerprint density at radius 3 is 2.70 bits per heavy atom. The second-order valence-corrected chi connectivity index (χ2v) is 5.73. The molecule has 23 heavy (non-hydrogen) atoms. The van der Waals surface area contributed by atoms with Crippen molar-refractivity contribution in [2.75, 3.05) is 10.2 Å². The van der Waals surface area contributed by atoms with Gasteiger partial charge in [-0.15, -0.1) is 0 Å². The van der Waals surface area contributed by atoms with Crippen LogP contribution in [0.25, 0.3) is 0 Å². The molecule has 0 bridgehead atoms. The van der Waals surface area contributed by atoms with E-state index < -0.39 is 0 Å². The molecule has 1 N–H and O–H groups in total. The number of halogens is 1. The largest absolute Gasteiger partial charge is 0.338 e. The summed E-state index contributed by atoms with van der Waals surface area (Å²) in [6.07, 6.45) is 1.58. The number of aromatic nitrogens is 2. The lowest BCUT2D eigenvalue weighted by atomic mass is 10.2. The zero-order valence-corrected chi connectivity index (χ0v) is 13.1. The van der Waals surface area contributed by atoms with E-state index in [9.17, 15) is 4.79 Å². The standard InChI is InChI=1S/C17H13ClN4O/c1-21-16-13(10-19-21)17(23)22(12-5-3-2-4-6-12)15-9-11(18)7-8-14(15)20-16/h2-10,20H,1H3. The van der Waals surface area contributed by atoms with Crippen molar-refractivity contribution >= 4 is 40.4 Å². The maximum atomic E-state index is 13.1. The molecule has 1 aliphatic rings. The van der Waals surface area contributed by atoms with Crippen LogP contribution in [0.3, 0.4) is 0 Å². The fourth-order valence-corrected chi connectivity index (χ4v) is 2.89. The Kier molecular flexibility index (Phi) is 3.09. The summed E-state index contributed by atoms with van der Waals surface area (Å²) >= 11 is 6.16. The van der Waals surface area contributed by atoms with Gasteiger partial charge in [0.2, 0.25) is 0 Å². The molecule has 0 aliphatic carbocycles. The number of hydrogen-bond donors (Lipinski definition) is 1. The van der Waals surface area contributed by atoms with Gasteiger partial charge in [-0.1, -0.05) is 29.8 Å². The Labute approximate surface area is 138 Å². The molecule has 0 saturated carbocycles. The van der Waals surface area contributed by atoms with Crippen molar-refractivity contribution < 1.29 is 4.79 Å². The van der Waals surface area contributed by atoms with Gasteiger partial charge in [0.1, 0.15) is 11.4 Å². The zero-order chi connectivity index (χ0) is 16.0. The lowest BCUT2D eigenvalue weighted by molar-refractivity contribution is 0.100. The van der Waals surface area contributed by atoms with E-state index in [1.807, 2.05) is 36.4 Å². The molecule has 5 nitrogen and oxygen atoms in total. The third kappa shape index (κ3) is 2.17. The third-order valence-electron chi connectivity index (χ3n) is 3.84. The summed E-state index contributed by atoms with van der Waals surface area (Å²) in [4.78, 5) is 14.8. The van der Waals surface area contributed by atoms with Crippen LogP contribution in [-0.2, 0) is 7.05 Å². The molecule has 4 rings (SSSR count). The van der Waals surface area contributed by atoms with Gasteiger partial charge in [0.25, 0.3) is 5.91 Å². The fourth-order valence-electron chi connectivity index (χ4n) is 2.73. The molecule has 0 radical (unpaired) electrons. The minimum absolute atomic E-state index is 0.146. The van der Waals surface area contributed by atoms with Crippen LogP contribution in [0.4, 0.5) is 22.9 Å². The second-order valence-electron chi connectivity index (χ2n) is 5.29. The predicted molar refractivity (Wildman–Crippen MR) is 90.9 cm³/mol. The highest BCUT2D eigenvalue weighted by Gasteiger charge is 2.30. The molecule has 114 valence electrons. The maximum Gasteiger partial charge on any atom is 0.268 e. The maximum absolute atomic E-state index is 13.1. The normalized spacial score (nSPS) is 13.1. The molecule has 3 aromatic rings. The molecule has 6 heteroatoms. The van der Waals surface area contributed by atoms with Gasteiger partial charge in [0, 0.05) is 17.8 Å². The van der Waals surface area contributed by atoms with E-state index in [1.165, 1.54) is 0 Å². The number of carbonyl (C=O) groups excluding carboxylic acids is 1. The molecule has 1 aliphatic heterocycles. The topological polar surface area (TPSA) is 50.2 Å². The molecule has 0 unspecified atom stereocenters. The zero-order valence-electron chi connectivity index (χ0n) is 12.3. The molecule has 1 amide bonds. The highest BCUT2D eigenvalue weighted by molar-refractivity contribution is 6.31. The van der Waals surface area contributed by atoms with Gasteiger partial charge in [-0.3, -0.25) is 14.4 Å². The number of aryl methyl sites for hydroxylation is 1. The van der Waals surface area contributed by atoms with Crippen molar-refractivity contribution in [3.8, 4) is 0 Å². The molecule has 0 spiro atoms. The third-order valence-corrected chi connectivity index (χ3v) is 4.08. The molecular weight excluding hydrogens is 312 g/mol. The Hall–Kier alpha value is -2.79. The van der Waals surface area contributed by atoms with Gasteiger partial charge in [-0.25, -0.2) is 0 Å². The number of anilines is 4. The Bertz CT molecular complexity index is 904. The number of para-hydroxylation sites is 1. The highest BCUT2D eigenvalue weighted by atomic mass is 35.5. The van der Waals surface area contributed by atoms with E-state index >= 15 is 0 Å². The Morgan fingerprint density at radius 2 is 1.91 bits per heavy atom. The number of carbonyl (C=O) groups is 1. The van der Waals surface area contributed by atoms with Crippen LogP contribution in [-0.4, -0.2) is 15.7 Å². The summed E-state index contributed by atoms with van der Waals surface area (Å²) in [5.41, 5.74) is 2.81. The van der Waals surface area contributed by atoms with Crippen molar-refractivity contribution in [1.82, 2.24) is 9.78 Å². The first-order valence-corrected chi connectivity index (χ1v) is 7.51. The molecular formula is C17H13ClN4O. The number of hydrogen-bond acceptors (Lipinski definition) is 3. The fraction of sp³-hybridized carbons (Fsp3) is 0.0588. The van der Waals surface area contributed by atoms with Gasteiger partial charge < -0.3 is 5.32 Å². The molecule has 1 aromatic heterocycles. The summed E-state index contributed by atoms with van der Waals surface area (Å²) in [7, 11) is 1.80. The van der Waals surface area contributed by atoms with Gasteiger partial charge >= 0.3 is 0 Å². The molecule has 0 atom stereocenters. The summed E-state index contributed by atoms with van der Waals surface area (Å²) in [6.45, 7) is 0. The number of rotatable bonds is 1. The van der Waals surface area contributed by atoms with Crippen molar-refractivity contribution in [1.29, 1.82) is 0 Å². The van der Waals surface area contributed by atoms with Crippen LogP contribution < -0.4 is 10.2 Å². The second kappa shape index (κ2) is 5.14. The number of benzene rings is 2. The summed E-state index contributed by atoms with van der Waals surface area (Å²) in [5, 5.41) is 8.05. The van der Waals surface area contributed by atoms with Crippen molar-refractivity contribution in [2.45, 2.75) is 0 Å². The van der Waals surface area contributed by atoms with Crippen LogP contribution in [0, 0.1) is 0 Å². The average molecular weight is 325 g/mol. The first-order chi connectivity index (χ1) is 11.1. The van der Waals surface area contributed by atoms with Crippen molar-refractivity contribution in [2.24, 2.45) is 7.05 Å². The van der Waals surface area contributed by atoms with Crippen LogP contribution in [0.15, 0.2) is 54.7 Å². The number of nitrogens with one attached hydrogen (secondary N) is 1. The van der Waals surface area contributed by atoms with Crippen LogP contribution in [0.2, 0.25) is 5.02 Å². The summed E-state index contributed by atoms with van der Waals surface area (Å²) in [5.74, 6) is 0.518. The van der Waals surface area contributed by atoms with Gasteiger partial charge in [0.05, 0.1) is 17.6 Å². The van der Waals surface area contributed by atoms with Crippen molar-refractivity contribution in [3.63, 3.8) is 0 Å². The van der Waals surface area contributed by atoms with Crippen LogP contribution >= 0.6 is 11.6 Å². The highest BCUT2D eigenvalue weighted by Crippen LogP contribution is 2.40. The van der Waals surface area contributed by atoms with E-state index in [-0.39, 0.29) is 5.91 Å². The molecule has 2 heterocycles. The first kappa shape index (κ1) is 13.8. The molecule has 0 fully saturated rings. The minimum atomic E-state index is -0.146. The van der Waals surface area contributed by atoms with Gasteiger partial charge in [-0.2, -0.15) is 5.10 Å². The van der Waals surface area contributed by atoms with E-state index in [0.717, 1.165) is 11.4 Å². The quantitative estimate of drug-likeness (QED) is 0.733. The predicted octanol–water partition coefficient (Wildman–Crippen LogP) is 4.11. The summed E-state index contributed by atoms with van der Waals surface area (Å²) < 4.78 is 1.65. The van der Waals surface area contributed by atoms with E-state index in [4.69, 9.17) is 11.6 Å². The van der Waals surface area contributed by atoms with Crippen LogP contribution in [0.1, 0.15) is 10.4 Å². The number of fused-ring (bicyclic) bond motifs is 2.